The Morgan fingerprint density at radius 1 is 1.29 bits per heavy atom. The maximum atomic E-state index is 13.8. The van der Waals surface area contributed by atoms with Crippen molar-refractivity contribution in [3.8, 4) is 0 Å². The predicted molar refractivity (Wildman–Crippen MR) is 90.7 cm³/mol. The highest BCUT2D eigenvalue weighted by molar-refractivity contribution is 7.88. The summed E-state index contributed by atoms with van der Waals surface area (Å²) in [7, 11) is -1.50. The second-order valence-electron chi connectivity index (χ2n) is 5.92. The monoisotopic (exact) mass is 377 g/mol. The fourth-order valence-electron chi connectivity index (χ4n) is 2.61. The van der Waals surface area contributed by atoms with Crippen molar-refractivity contribution in [3.63, 3.8) is 0 Å². The van der Waals surface area contributed by atoms with Crippen molar-refractivity contribution < 1.29 is 17.6 Å². The molecular formula is C15H21ClFN3O3S. The molecule has 1 aliphatic heterocycles. The molecule has 134 valence electrons. The average molecular weight is 378 g/mol. The maximum Gasteiger partial charge on any atom is 0.236 e. The highest BCUT2D eigenvalue weighted by Gasteiger charge is 2.26. The first-order valence-corrected chi connectivity index (χ1v) is 9.75. The molecule has 0 aliphatic carbocycles. The number of hydrogen-bond acceptors (Lipinski definition) is 4. The minimum atomic E-state index is -3.22. The highest BCUT2D eigenvalue weighted by atomic mass is 35.5. The van der Waals surface area contributed by atoms with E-state index in [1.54, 1.807) is 22.9 Å². The van der Waals surface area contributed by atoms with Crippen LogP contribution < -0.4 is 0 Å². The molecule has 0 saturated carbocycles. The molecule has 0 aromatic heterocycles. The summed E-state index contributed by atoms with van der Waals surface area (Å²) in [5.74, 6) is -0.512. The molecule has 0 unspecified atom stereocenters. The molecule has 0 atom stereocenters. The van der Waals surface area contributed by atoms with Gasteiger partial charge in [0.2, 0.25) is 15.9 Å². The van der Waals surface area contributed by atoms with Crippen LogP contribution in [0.5, 0.6) is 0 Å². The van der Waals surface area contributed by atoms with Crippen LogP contribution in [0.4, 0.5) is 4.39 Å². The third-order valence-corrected chi connectivity index (χ3v) is 5.61. The first kappa shape index (κ1) is 19.1. The lowest BCUT2D eigenvalue weighted by Crippen LogP contribution is -2.52. The molecule has 2 rings (SSSR count). The van der Waals surface area contributed by atoms with E-state index in [1.165, 1.54) is 16.4 Å². The molecule has 1 aliphatic rings. The van der Waals surface area contributed by atoms with Crippen molar-refractivity contribution in [2.45, 2.75) is 6.54 Å². The van der Waals surface area contributed by atoms with E-state index in [9.17, 15) is 17.6 Å². The summed E-state index contributed by atoms with van der Waals surface area (Å²) in [6, 6.07) is 4.48. The van der Waals surface area contributed by atoms with E-state index in [0.717, 1.165) is 6.26 Å². The van der Waals surface area contributed by atoms with Gasteiger partial charge in [-0.1, -0.05) is 17.7 Å². The molecule has 6 nitrogen and oxygen atoms in total. The summed E-state index contributed by atoms with van der Waals surface area (Å²) in [6.07, 6.45) is 1.16. The Labute approximate surface area is 146 Å². The molecule has 1 fully saturated rings. The first-order valence-electron chi connectivity index (χ1n) is 7.53. The third-order valence-electron chi connectivity index (χ3n) is 3.96. The van der Waals surface area contributed by atoms with Crippen molar-refractivity contribution in [1.82, 2.24) is 14.1 Å². The Bertz CT molecular complexity index is 686. The zero-order valence-electron chi connectivity index (χ0n) is 13.7. The Morgan fingerprint density at radius 2 is 1.92 bits per heavy atom. The Kier molecular flexibility index (Phi) is 6.19. The fourth-order valence-corrected chi connectivity index (χ4v) is 3.66. The smallest absolute Gasteiger partial charge is 0.236 e. The Balaban J connectivity index is 1.89. The summed E-state index contributed by atoms with van der Waals surface area (Å²) < 4.78 is 38.1. The maximum absolute atomic E-state index is 13.8. The van der Waals surface area contributed by atoms with E-state index in [2.05, 4.69) is 0 Å². The van der Waals surface area contributed by atoms with Gasteiger partial charge in [-0.25, -0.2) is 12.8 Å². The summed E-state index contributed by atoms with van der Waals surface area (Å²) >= 11 is 5.99. The fraction of sp³-hybridized carbons (Fsp3) is 0.533. The van der Waals surface area contributed by atoms with E-state index in [1.807, 2.05) is 0 Å². The van der Waals surface area contributed by atoms with Gasteiger partial charge in [0.05, 0.1) is 12.8 Å². The van der Waals surface area contributed by atoms with Crippen LogP contribution in [-0.4, -0.2) is 74.5 Å². The van der Waals surface area contributed by atoms with Gasteiger partial charge in [0, 0.05) is 43.3 Å². The van der Waals surface area contributed by atoms with Gasteiger partial charge in [0.15, 0.2) is 0 Å². The van der Waals surface area contributed by atoms with Gasteiger partial charge in [-0.05, 0) is 19.2 Å². The van der Waals surface area contributed by atoms with Crippen molar-refractivity contribution in [1.29, 1.82) is 0 Å². The summed E-state index contributed by atoms with van der Waals surface area (Å²) in [4.78, 5) is 15.6. The number of carbonyl (C=O) groups excluding carboxylic acids is 1. The van der Waals surface area contributed by atoms with Gasteiger partial charge in [-0.15, -0.1) is 0 Å². The molecule has 0 spiro atoms. The number of halogens is 2. The minimum Gasteiger partial charge on any atom is -0.339 e. The number of likely N-dealkylation sites (N-methyl/N-ethyl adjacent to an activating group) is 1. The standard InChI is InChI=1S/C15H21ClFN3O3S/c1-18(10-12-13(16)4-3-5-14(12)17)11-15(21)19-6-8-20(9-7-19)24(2,22)23/h3-5H,6-11H2,1-2H3. The molecule has 1 amide bonds. The van der Waals surface area contributed by atoms with Crippen molar-refractivity contribution >= 4 is 27.5 Å². The van der Waals surface area contributed by atoms with Crippen LogP contribution >= 0.6 is 11.6 Å². The van der Waals surface area contributed by atoms with Crippen LogP contribution in [0.25, 0.3) is 0 Å². The number of benzene rings is 1. The van der Waals surface area contributed by atoms with E-state index >= 15 is 0 Å². The van der Waals surface area contributed by atoms with Gasteiger partial charge < -0.3 is 4.90 Å². The number of piperazine rings is 1. The normalized spacial score (nSPS) is 16.6. The zero-order valence-corrected chi connectivity index (χ0v) is 15.3. The van der Waals surface area contributed by atoms with Crippen LogP contribution in [0.1, 0.15) is 5.56 Å². The SMILES string of the molecule is CN(CC(=O)N1CCN(S(C)(=O)=O)CC1)Cc1c(F)cccc1Cl. The molecule has 0 radical (unpaired) electrons. The van der Waals surface area contributed by atoms with E-state index < -0.39 is 15.8 Å². The van der Waals surface area contributed by atoms with Gasteiger partial charge in [0.1, 0.15) is 5.82 Å². The Morgan fingerprint density at radius 3 is 2.46 bits per heavy atom. The quantitative estimate of drug-likeness (QED) is 0.768. The number of nitrogens with zero attached hydrogens (tertiary/aromatic N) is 3. The topological polar surface area (TPSA) is 60.9 Å². The lowest BCUT2D eigenvalue weighted by atomic mass is 10.2. The van der Waals surface area contributed by atoms with Crippen LogP contribution in [0.15, 0.2) is 18.2 Å². The molecule has 1 aromatic carbocycles. The van der Waals surface area contributed by atoms with Gasteiger partial charge in [-0.2, -0.15) is 4.31 Å². The molecule has 1 heterocycles. The van der Waals surface area contributed by atoms with Crippen molar-refractivity contribution in [3.05, 3.63) is 34.6 Å². The first-order chi connectivity index (χ1) is 11.2. The zero-order chi connectivity index (χ0) is 17.9. The molecular weight excluding hydrogens is 357 g/mol. The van der Waals surface area contributed by atoms with Crippen LogP contribution in [-0.2, 0) is 21.4 Å². The van der Waals surface area contributed by atoms with E-state index in [-0.39, 0.29) is 19.0 Å². The average Bonchev–Trinajstić information content (AvgIpc) is 2.50. The molecule has 9 heteroatoms. The van der Waals surface area contributed by atoms with Crippen LogP contribution in [0, 0.1) is 5.82 Å². The van der Waals surface area contributed by atoms with Crippen LogP contribution in [0.3, 0.4) is 0 Å². The molecule has 0 N–H and O–H groups in total. The number of hydrogen-bond donors (Lipinski definition) is 0. The number of carbonyl (C=O) groups is 1. The predicted octanol–water partition coefficient (Wildman–Crippen LogP) is 1.01. The van der Waals surface area contributed by atoms with Crippen molar-refractivity contribution in [2.24, 2.45) is 0 Å². The van der Waals surface area contributed by atoms with Gasteiger partial charge in [-0.3, -0.25) is 9.69 Å². The largest absolute Gasteiger partial charge is 0.339 e. The van der Waals surface area contributed by atoms with Crippen molar-refractivity contribution in [2.75, 3.05) is 46.0 Å². The summed E-state index contributed by atoms with van der Waals surface area (Å²) in [5, 5.41) is 0.330. The minimum absolute atomic E-state index is 0.113. The lowest BCUT2D eigenvalue weighted by molar-refractivity contribution is -0.133. The molecule has 1 saturated heterocycles. The summed E-state index contributed by atoms with van der Waals surface area (Å²) in [5.41, 5.74) is 0.358. The van der Waals surface area contributed by atoms with Gasteiger partial charge >= 0.3 is 0 Å². The number of sulfonamides is 1. The Hall–Kier alpha value is -1.22. The lowest BCUT2D eigenvalue weighted by Gasteiger charge is -2.34. The second-order valence-corrected chi connectivity index (χ2v) is 8.30. The molecule has 24 heavy (non-hydrogen) atoms. The van der Waals surface area contributed by atoms with Gasteiger partial charge in [0.25, 0.3) is 0 Å². The van der Waals surface area contributed by atoms with E-state index in [4.69, 9.17) is 11.6 Å². The third kappa shape index (κ3) is 4.89. The van der Waals surface area contributed by atoms with Crippen LogP contribution in [0.2, 0.25) is 5.02 Å². The van der Waals surface area contributed by atoms with E-state index in [0.29, 0.717) is 36.8 Å². The molecule has 1 aromatic rings. The number of amides is 1. The summed E-state index contributed by atoms with van der Waals surface area (Å²) in [6.45, 7) is 1.66. The second kappa shape index (κ2) is 7.77. The highest BCUT2D eigenvalue weighted by Crippen LogP contribution is 2.20. The number of rotatable bonds is 5. The molecule has 0 bridgehead atoms.